The number of nitrogens with zero attached hydrogens (tertiary/aromatic N) is 1. The van der Waals surface area contributed by atoms with E-state index in [9.17, 15) is 0 Å². The second-order valence-corrected chi connectivity index (χ2v) is 4.32. The van der Waals surface area contributed by atoms with Gasteiger partial charge < -0.3 is 0 Å². The van der Waals surface area contributed by atoms with Gasteiger partial charge in [-0.2, -0.15) is 5.26 Å². The lowest BCUT2D eigenvalue weighted by atomic mass is 9.89. The average molecular weight is 248 g/mol. The third kappa shape index (κ3) is 1.73. The lowest BCUT2D eigenvalue weighted by Gasteiger charge is -2.16. The van der Waals surface area contributed by atoms with Crippen molar-refractivity contribution in [2.75, 3.05) is 0 Å². The van der Waals surface area contributed by atoms with Gasteiger partial charge in [-0.05, 0) is 41.7 Å². The first-order valence-corrected chi connectivity index (χ1v) is 5.45. The molecule has 0 saturated heterocycles. The Balaban J connectivity index is 2.47. The van der Waals surface area contributed by atoms with Crippen LogP contribution in [0.15, 0.2) is 28.7 Å². The van der Waals surface area contributed by atoms with E-state index in [4.69, 9.17) is 5.26 Å². The predicted molar refractivity (Wildman–Crippen MR) is 60.7 cm³/mol. The first-order chi connectivity index (χ1) is 6.81. The zero-order chi connectivity index (χ0) is 9.97. The molecule has 0 radical (unpaired) electrons. The summed E-state index contributed by atoms with van der Waals surface area (Å²) in [6.07, 6.45) is 4.85. The minimum atomic E-state index is 0.517. The Labute approximate surface area is 92.2 Å². The van der Waals surface area contributed by atoms with E-state index >= 15 is 0 Å². The lowest BCUT2D eigenvalue weighted by Crippen LogP contribution is -1.99. The molecular formula is C12H10BrN. The van der Waals surface area contributed by atoms with Crippen LogP contribution < -0.4 is 0 Å². The second kappa shape index (κ2) is 3.98. The number of nitriles is 1. The minimum Gasteiger partial charge on any atom is -0.198 e. The number of halogens is 1. The van der Waals surface area contributed by atoms with Crippen LogP contribution in [0, 0.1) is 11.3 Å². The molecule has 1 aromatic rings. The van der Waals surface area contributed by atoms with Gasteiger partial charge in [0.15, 0.2) is 0 Å². The normalized spacial score (nSPS) is 14.1. The number of benzene rings is 1. The average Bonchev–Trinajstić information content (AvgIpc) is 2.19. The van der Waals surface area contributed by atoms with E-state index in [1.807, 2.05) is 0 Å². The van der Waals surface area contributed by atoms with E-state index < -0.39 is 0 Å². The fourth-order valence-electron chi connectivity index (χ4n) is 1.83. The van der Waals surface area contributed by atoms with Crippen LogP contribution in [0.25, 0.3) is 5.57 Å². The Kier molecular flexibility index (Phi) is 2.69. The van der Waals surface area contributed by atoms with Crippen LogP contribution in [0.1, 0.15) is 24.0 Å². The monoisotopic (exact) mass is 247 g/mol. The smallest absolute Gasteiger partial charge is 0.0669 e. The third-order valence-electron chi connectivity index (χ3n) is 2.49. The highest BCUT2D eigenvalue weighted by atomic mass is 79.9. The lowest BCUT2D eigenvalue weighted by molar-refractivity contribution is 0.969. The molecule has 0 heterocycles. The maximum atomic E-state index is 8.71. The van der Waals surface area contributed by atoms with Crippen molar-refractivity contribution < 1.29 is 0 Å². The van der Waals surface area contributed by atoms with Crippen LogP contribution in [-0.4, -0.2) is 0 Å². The molecule has 0 spiro atoms. The molecule has 1 aliphatic carbocycles. The highest BCUT2D eigenvalue weighted by molar-refractivity contribution is 9.10. The standard InChI is InChI=1S/C12H10BrN/c13-11-5-4-9-2-1-3-10(6-7-14)12(9)8-11/h3-5,8H,1-2,6H2. The van der Waals surface area contributed by atoms with Crippen molar-refractivity contribution in [2.45, 2.75) is 19.3 Å². The molecule has 2 heteroatoms. The number of hydrogen-bond donors (Lipinski definition) is 0. The Hall–Kier alpha value is -1.07. The first-order valence-electron chi connectivity index (χ1n) is 4.66. The summed E-state index contributed by atoms with van der Waals surface area (Å²) < 4.78 is 1.09. The van der Waals surface area contributed by atoms with Crippen molar-refractivity contribution in [1.29, 1.82) is 5.26 Å². The van der Waals surface area contributed by atoms with Crippen LogP contribution in [0.2, 0.25) is 0 Å². The maximum absolute atomic E-state index is 8.71. The fourth-order valence-corrected chi connectivity index (χ4v) is 2.19. The molecule has 0 aromatic heterocycles. The Morgan fingerprint density at radius 1 is 1.43 bits per heavy atom. The molecule has 2 rings (SSSR count). The van der Waals surface area contributed by atoms with E-state index in [0.29, 0.717) is 6.42 Å². The first kappa shape index (κ1) is 9.48. The molecule has 0 amide bonds. The zero-order valence-electron chi connectivity index (χ0n) is 7.76. The van der Waals surface area contributed by atoms with Crippen LogP contribution in [-0.2, 0) is 6.42 Å². The molecule has 0 aliphatic heterocycles. The minimum absolute atomic E-state index is 0.517. The van der Waals surface area contributed by atoms with Gasteiger partial charge >= 0.3 is 0 Å². The second-order valence-electron chi connectivity index (χ2n) is 3.40. The van der Waals surface area contributed by atoms with E-state index in [1.165, 1.54) is 16.7 Å². The summed E-state index contributed by atoms with van der Waals surface area (Å²) in [4.78, 5) is 0. The number of rotatable bonds is 1. The summed E-state index contributed by atoms with van der Waals surface area (Å²) in [5, 5.41) is 8.71. The summed E-state index contributed by atoms with van der Waals surface area (Å²) >= 11 is 3.46. The van der Waals surface area contributed by atoms with Crippen molar-refractivity contribution in [3.8, 4) is 6.07 Å². The van der Waals surface area contributed by atoms with Gasteiger partial charge in [0, 0.05) is 4.47 Å². The highest BCUT2D eigenvalue weighted by Crippen LogP contribution is 2.30. The van der Waals surface area contributed by atoms with Gasteiger partial charge in [-0.15, -0.1) is 0 Å². The molecule has 1 aliphatic rings. The van der Waals surface area contributed by atoms with E-state index in [1.54, 1.807) is 0 Å². The van der Waals surface area contributed by atoms with Crippen molar-refractivity contribution in [3.05, 3.63) is 39.9 Å². The van der Waals surface area contributed by atoms with Gasteiger partial charge in [0.1, 0.15) is 0 Å². The SMILES string of the molecule is N#CCC1=CCCc2ccc(Br)cc21. The molecule has 0 N–H and O–H groups in total. The van der Waals surface area contributed by atoms with Gasteiger partial charge in [0.2, 0.25) is 0 Å². The van der Waals surface area contributed by atoms with Crippen LogP contribution >= 0.6 is 15.9 Å². The molecule has 1 nitrogen and oxygen atoms in total. The van der Waals surface area contributed by atoms with Crippen molar-refractivity contribution in [2.24, 2.45) is 0 Å². The Morgan fingerprint density at radius 2 is 2.29 bits per heavy atom. The van der Waals surface area contributed by atoms with Crippen molar-refractivity contribution >= 4 is 21.5 Å². The van der Waals surface area contributed by atoms with E-state index in [-0.39, 0.29) is 0 Å². The molecule has 0 saturated carbocycles. The molecule has 0 atom stereocenters. The Morgan fingerprint density at radius 3 is 3.07 bits per heavy atom. The molecule has 14 heavy (non-hydrogen) atoms. The summed E-state index contributed by atoms with van der Waals surface area (Å²) in [6.45, 7) is 0. The van der Waals surface area contributed by atoms with Crippen LogP contribution in [0.4, 0.5) is 0 Å². The fraction of sp³-hybridized carbons (Fsp3) is 0.250. The topological polar surface area (TPSA) is 23.8 Å². The molecule has 0 unspecified atom stereocenters. The van der Waals surface area contributed by atoms with Crippen molar-refractivity contribution in [3.63, 3.8) is 0 Å². The van der Waals surface area contributed by atoms with Gasteiger partial charge in [0.05, 0.1) is 12.5 Å². The van der Waals surface area contributed by atoms with Crippen LogP contribution in [0.5, 0.6) is 0 Å². The predicted octanol–water partition coefficient (Wildman–Crippen LogP) is 3.69. The van der Waals surface area contributed by atoms with Crippen LogP contribution in [0.3, 0.4) is 0 Å². The number of hydrogen-bond acceptors (Lipinski definition) is 1. The number of allylic oxidation sites excluding steroid dienone is 2. The third-order valence-corrected chi connectivity index (χ3v) is 2.99. The molecular weight excluding hydrogens is 238 g/mol. The van der Waals surface area contributed by atoms with Crippen molar-refractivity contribution in [1.82, 2.24) is 0 Å². The van der Waals surface area contributed by atoms with Gasteiger partial charge in [-0.3, -0.25) is 0 Å². The van der Waals surface area contributed by atoms with Gasteiger partial charge in [-0.25, -0.2) is 0 Å². The van der Waals surface area contributed by atoms with Gasteiger partial charge in [-0.1, -0.05) is 28.1 Å². The maximum Gasteiger partial charge on any atom is 0.0669 e. The molecule has 0 bridgehead atoms. The summed E-state index contributed by atoms with van der Waals surface area (Å²) in [6, 6.07) is 8.53. The highest BCUT2D eigenvalue weighted by Gasteiger charge is 2.11. The number of aryl methyl sites for hydroxylation is 1. The van der Waals surface area contributed by atoms with Gasteiger partial charge in [0.25, 0.3) is 0 Å². The number of fused-ring (bicyclic) bond motifs is 1. The van der Waals surface area contributed by atoms with E-state index in [0.717, 1.165) is 17.3 Å². The largest absolute Gasteiger partial charge is 0.198 e. The zero-order valence-corrected chi connectivity index (χ0v) is 9.34. The molecule has 70 valence electrons. The molecule has 1 aromatic carbocycles. The summed E-state index contributed by atoms with van der Waals surface area (Å²) in [5.41, 5.74) is 3.78. The summed E-state index contributed by atoms with van der Waals surface area (Å²) in [5.74, 6) is 0. The quantitative estimate of drug-likeness (QED) is 0.743. The summed E-state index contributed by atoms with van der Waals surface area (Å²) in [7, 11) is 0. The Bertz CT molecular complexity index is 426. The molecule has 0 fully saturated rings. The van der Waals surface area contributed by atoms with E-state index in [2.05, 4.69) is 46.3 Å².